The average Bonchev–Trinajstić information content (AvgIpc) is 2.50. The fourth-order valence-corrected chi connectivity index (χ4v) is 2.61. The highest BCUT2D eigenvalue weighted by molar-refractivity contribution is 5.96. The SMILES string of the molecule is Cc1ccc(O)c(NC(=O)C2Cc3ccccc3CN2)c1. The van der Waals surface area contributed by atoms with Crippen molar-refractivity contribution in [3.63, 3.8) is 0 Å². The van der Waals surface area contributed by atoms with E-state index in [2.05, 4.69) is 22.8 Å². The molecule has 1 aliphatic rings. The second kappa shape index (κ2) is 5.58. The van der Waals surface area contributed by atoms with E-state index in [1.54, 1.807) is 18.2 Å². The van der Waals surface area contributed by atoms with Gasteiger partial charge in [-0.15, -0.1) is 0 Å². The Morgan fingerprint density at radius 2 is 2.00 bits per heavy atom. The van der Waals surface area contributed by atoms with E-state index < -0.39 is 0 Å². The van der Waals surface area contributed by atoms with Gasteiger partial charge in [0, 0.05) is 6.54 Å². The van der Waals surface area contributed by atoms with Crippen LogP contribution in [0, 0.1) is 6.92 Å². The molecule has 1 amide bonds. The maximum absolute atomic E-state index is 12.4. The van der Waals surface area contributed by atoms with Gasteiger partial charge in [0.15, 0.2) is 0 Å². The third-order valence-corrected chi connectivity index (χ3v) is 3.81. The molecule has 0 radical (unpaired) electrons. The number of hydrogen-bond donors (Lipinski definition) is 3. The first kappa shape index (κ1) is 13.6. The maximum Gasteiger partial charge on any atom is 0.241 e. The first-order chi connectivity index (χ1) is 10.1. The number of amides is 1. The van der Waals surface area contributed by atoms with E-state index in [4.69, 9.17) is 0 Å². The van der Waals surface area contributed by atoms with E-state index in [9.17, 15) is 9.90 Å². The number of fused-ring (bicyclic) bond motifs is 1. The number of hydrogen-bond acceptors (Lipinski definition) is 3. The minimum absolute atomic E-state index is 0.0881. The minimum Gasteiger partial charge on any atom is -0.506 e. The molecule has 1 unspecified atom stereocenters. The number of carbonyl (C=O) groups excluding carboxylic acids is 1. The predicted octanol–water partition coefficient (Wildman–Crippen LogP) is 2.35. The van der Waals surface area contributed by atoms with Crippen molar-refractivity contribution in [2.24, 2.45) is 0 Å². The predicted molar refractivity (Wildman–Crippen MR) is 82.2 cm³/mol. The third-order valence-electron chi connectivity index (χ3n) is 3.81. The van der Waals surface area contributed by atoms with Crippen molar-refractivity contribution in [3.8, 4) is 5.75 Å². The number of phenolic OH excluding ortho intramolecular Hbond substituents is 1. The highest BCUT2D eigenvalue weighted by Crippen LogP contribution is 2.24. The Bertz CT molecular complexity index is 682. The van der Waals surface area contributed by atoms with Crippen molar-refractivity contribution >= 4 is 11.6 Å². The summed E-state index contributed by atoms with van der Waals surface area (Å²) in [6, 6.07) is 13.0. The van der Waals surface area contributed by atoms with Crippen LogP contribution in [0.25, 0.3) is 0 Å². The second-order valence-electron chi connectivity index (χ2n) is 5.42. The Labute approximate surface area is 123 Å². The summed E-state index contributed by atoms with van der Waals surface area (Å²) in [4.78, 5) is 12.4. The number of nitrogens with one attached hydrogen (secondary N) is 2. The van der Waals surface area contributed by atoms with Crippen LogP contribution in [0.4, 0.5) is 5.69 Å². The van der Waals surface area contributed by atoms with Crippen molar-refractivity contribution in [1.82, 2.24) is 5.32 Å². The fraction of sp³-hybridized carbons (Fsp3) is 0.235. The Kier molecular flexibility index (Phi) is 3.62. The van der Waals surface area contributed by atoms with Crippen LogP contribution in [-0.4, -0.2) is 17.1 Å². The van der Waals surface area contributed by atoms with Crippen LogP contribution in [0.5, 0.6) is 5.75 Å². The maximum atomic E-state index is 12.4. The summed E-state index contributed by atoms with van der Waals surface area (Å²) in [6.07, 6.45) is 0.661. The van der Waals surface area contributed by atoms with Crippen LogP contribution in [0.2, 0.25) is 0 Å². The zero-order valence-electron chi connectivity index (χ0n) is 11.9. The molecule has 2 aromatic carbocycles. The quantitative estimate of drug-likeness (QED) is 0.741. The Hall–Kier alpha value is -2.33. The molecular formula is C17H18N2O2. The van der Waals surface area contributed by atoms with Gasteiger partial charge in [0.2, 0.25) is 5.91 Å². The summed E-state index contributed by atoms with van der Waals surface area (Å²) in [5.41, 5.74) is 3.88. The number of aromatic hydroxyl groups is 1. The first-order valence-electron chi connectivity index (χ1n) is 7.04. The average molecular weight is 282 g/mol. The summed E-state index contributed by atoms with van der Waals surface area (Å²) in [5.74, 6) is -0.0319. The number of carbonyl (C=O) groups is 1. The molecule has 0 aromatic heterocycles. The Morgan fingerprint density at radius 1 is 1.24 bits per heavy atom. The topological polar surface area (TPSA) is 61.4 Å². The van der Waals surface area contributed by atoms with E-state index in [-0.39, 0.29) is 17.7 Å². The molecule has 0 spiro atoms. The van der Waals surface area contributed by atoms with E-state index in [1.807, 2.05) is 19.1 Å². The first-order valence-corrected chi connectivity index (χ1v) is 7.04. The molecule has 4 heteroatoms. The number of rotatable bonds is 2. The van der Waals surface area contributed by atoms with Crippen molar-refractivity contribution < 1.29 is 9.90 Å². The summed E-state index contributed by atoms with van der Waals surface area (Å²) < 4.78 is 0. The van der Waals surface area contributed by atoms with Crippen molar-refractivity contribution in [1.29, 1.82) is 0 Å². The third kappa shape index (κ3) is 2.90. The summed E-state index contributed by atoms with van der Waals surface area (Å²) >= 11 is 0. The van der Waals surface area contributed by atoms with Gasteiger partial charge in [0.05, 0.1) is 11.7 Å². The molecule has 21 heavy (non-hydrogen) atoms. The van der Waals surface area contributed by atoms with Gasteiger partial charge < -0.3 is 15.7 Å². The van der Waals surface area contributed by atoms with Crippen LogP contribution in [-0.2, 0) is 17.8 Å². The largest absolute Gasteiger partial charge is 0.506 e. The highest BCUT2D eigenvalue weighted by Gasteiger charge is 2.24. The molecule has 3 N–H and O–H groups in total. The van der Waals surface area contributed by atoms with Gasteiger partial charge in [-0.3, -0.25) is 4.79 Å². The molecule has 1 atom stereocenters. The molecule has 0 bridgehead atoms. The zero-order chi connectivity index (χ0) is 14.8. The molecule has 1 heterocycles. The number of phenols is 1. The molecule has 0 aliphatic carbocycles. The zero-order valence-corrected chi connectivity index (χ0v) is 11.9. The fourth-order valence-electron chi connectivity index (χ4n) is 2.61. The Morgan fingerprint density at radius 3 is 2.81 bits per heavy atom. The van der Waals surface area contributed by atoms with Gasteiger partial charge in [-0.2, -0.15) is 0 Å². The van der Waals surface area contributed by atoms with Crippen LogP contribution < -0.4 is 10.6 Å². The standard InChI is InChI=1S/C17H18N2O2/c1-11-6-7-16(20)14(8-11)19-17(21)15-9-12-4-2-3-5-13(12)10-18-15/h2-8,15,18,20H,9-10H2,1H3,(H,19,21). The monoisotopic (exact) mass is 282 g/mol. The smallest absolute Gasteiger partial charge is 0.241 e. The summed E-state index contributed by atoms with van der Waals surface area (Å²) in [5, 5.41) is 15.8. The molecule has 3 rings (SSSR count). The lowest BCUT2D eigenvalue weighted by atomic mass is 9.95. The molecule has 0 fully saturated rings. The van der Waals surface area contributed by atoms with Gasteiger partial charge in [-0.05, 0) is 42.2 Å². The second-order valence-corrected chi connectivity index (χ2v) is 5.42. The lowest BCUT2D eigenvalue weighted by molar-refractivity contribution is -0.118. The number of benzene rings is 2. The van der Waals surface area contributed by atoms with E-state index in [1.165, 1.54) is 11.1 Å². The number of aryl methyl sites for hydroxylation is 1. The minimum atomic E-state index is -0.278. The molecule has 1 aliphatic heterocycles. The van der Waals surface area contributed by atoms with Gasteiger partial charge in [-0.25, -0.2) is 0 Å². The van der Waals surface area contributed by atoms with Gasteiger partial charge in [-0.1, -0.05) is 30.3 Å². The highest BCUT2D eigenvalue weighted by atomic mass is 16.3. The molecular weight excluding hydrogens is 264 g/mol. The van der Waals surface area contributed by atoms with Gasteiger partial charge in [0.25, 0.3) is 0 Å². The summed E-state index contributed by atoms with van der Waals surface area (Å²) in [7, 11) is 0. The lowest BCUT2D eigenvalue weighted by Crippen LogP contribution is -2.44. The van der Waals surface area contributed by atoms with Gasteiger partial charge >= 0.3 is 0 Å². The van der Waals surface area contributed by atoms with E-state index >= 15 is 0 Å². The van der Waals surface area contributed by atoms with Crippen molar-refractivity contribution in [2.45, 2.75) is 25.9 Å². The molecule has 0 saturated heterocycles. The number of anilines is 1. The molecule has 108 valence electrons. The van der Waals surface area contributed by atoms with E-state index in [0.717, 1.165) is 5.56 Å². The van der Waals surface area contributed by atoms with E-state index in [0.29, 0.717) is 18.7 Å². The normalized spacial score (nSPS) is 17.1. The Balaban J connectivity index is 1.74. The molecule has 2 aromatic rings. The van der Waals surface area contributed by atoms with Crippen LogP contribution in [0.15, 0.2) is 42.5 Å². The lowest BCUT2D eigenvalue weighted by Gasteiger charge is -2.25. The van der Waals surface area contributed by atoms with Gasteiger partial charge in [0.1, 0.15) is 5.75 Å². The van der Waals surface area contributed by atoms with Crippen LogP contribution in [0.3, 0.4) is 0 Å². The molecule has 4 nitrogen and oxygen atoms in total. The van der Waals surface area contributed by atoms with Crippen LogP contribution in [0.1, 0.15) is 16.7 Å². The van der Waals surface area contributed by atoms with Crippen molar-refractivity contribution in [2.75, 3.05) is 5.32 Å². The summed E-state index contributed by atoms with van der Waals surface area (Å²) in [6.45, 7) is 2.61. The molecule has 0 saturated carbocycles. The van der Waals surface area contributed by atoms with Crippen LogP contribution >= 0.6 is 0 Å². The van der Waals surface area contributed by atoms with Crippen molar-refractivity contribution in [3.05, 3.63) is 59.2 Å².